The minimum absolute atomic E-state index is 0.173. The van der Waals surface area contributed by atoms with Crippen molar-refractivity contribution in [2.24, 2.45) is 5.92 Å². The van der Waals surface area contributed by atoms with Crippen molar-refractivity contribution in [2.75, 3.05) is 43.4 Å². The smallest absolute Gasteiger partial charge is 0.229 e. The van der Waals surface area contributed by atoms with Crippen molar-refractivity contribution in [3.63, 3.8) is 0 Å². The number of anilines is 3. The van der Waals surface area contributed by atoms with Crippen molar-refractivity contribution in [3.05, 3.63) is 35.2 Å². The molecular weight excluding hydrogens is 498 g/mol. The Morgan fingerprint density at radius 3 is 2.42 bits per heavy atom. The first-order valence-corrected chi connectivity index (χ1v) is 15.0. The van der Waals surface area contributed by atoms with Gasteiger partial charge in [-0.05, 0) is 115 Å². The van der Waals surface area contributed by atoms with E-state index >= 15 is 0 Å². The number of rotatable bonds is 8. The second kappa shape index (κ2) is 12.9. The summed E-state index contributed by atoms with van der Waals surface area (Å²) in [6.07, 6.45) is 12.0. The molecule has 0 atom stereocenters. The van der Waals surface area contributed by atoms with Crippen LogP contribution >= 0.6 is 11.6 Å². The molecule has 3 fully saturated rings. The maximum absolute atomic E-state index is 9.98. The van der Waals surface area contributed by atoms with Crippen LogP contribution in [0, 0.1) is 5.92 Å². The monoisotopic (exact) mass is 541 g/mol. The van der Waals surface area contributed by atoms with Gasteiger partial charge in [-0.2, -0.15) is 4.98 Å². The van der Waals surface area contributed by atoms with Gasteiger partial charge in [0.1, 0.15) is 11.0 Å². The van der Waals surface area contributed by atoms with Gasteiger partial charge in [-0.3, -0.25) is 0 Å². The van der Waals surface area contributed by atoms with Crippen LogP contribution in [0.4, 0.5) is 17.5 Å². The highest BCUT2D eigenvalue weighted by molar-refractivity contribution is 6.29. The summed E-state index contributed by atoms with van der Waals surface area (Å²) in [6, 6.07) is 4.63. The molecule has 2 aliphatic heterocycles. The number of pyridine rings is 1. The normalized spacial score (nSPS) is 24.6. The fourth-order valence-electron chi connectivity index (χ4n) is 6.33. The van der Waals surface area contributed by atoms with E-state index in [1.165, 1.54) is 38.0 Å². The minimum atomic E-state index is -0.173. The van der Waals surface area contributed by atoms with E-state index in [0.717, 1.165) is 69.0 Å². The number of aliphatic hydroxyl groups is 1. The van der Waals surface area contributed by atoms with Crippen LogP contribution in [0.1, 0.15) is 76.7 Å². The first-order chi connectivity index (χ1) is 18.4. The van der Waals surface area contributed by atoms with Gasteiger partial charge in [-0.25, -0.2) is 9.97 Å². The van der Waals surface area contributed by atoms with E-state index in [9.17, 15) is 5.11 Å². The number of nitrogens with zero attached hydrogens (tertiary/aromatic N) is 5. The molecule has 2 saturated heterocycles. The number of nitrogens with one attached hydrogen (secondary N) is 2. The molecule has 3 aliphatic rings. The summed E-state index contributed by atoms with van der Waals surface area (Å²) in [5.41, 5.74) is 2.04. The van der Waals surface area contributed by atoms with E-state index in [2.05, 4.69) is 39.3 Å². The molecule has 8 nitrogen and oxygen atoms in total. The van der Waals surface area contributed by atoms with Crippen LogP contribution in [-0.4, -0.2) is 80.8 Å². The van der Waals surface area contributed by atoms with Gasteiger partial charge in [0.2, 0.25) is 5.95 Å². The van der Waals surface area contributed by atoms with Crippen LogP contribution in [0.15, 0.2) is 24.5 Å². The Morgan fingerprint density at radius 1 is 1.00 bits per heavy atom. The third-order valence-corrected chi connectivity index (χ3v) is 8.97. The zero-order valence-electron chi connectivity index (χ0n) is 22.9. The van der Waals surface area contributed by atoms with Crippen LogP contribution in [0.25, 0.3) is 0 Å². The molecule has 0 amide bonds. The highest BCUT2D eigenvalue weighted by Crippen LogP contribution is 2.35. The van der Waals surface area contributed by atoms with Crippen molar-refractivity contribution in [1.29, 1.82) is 0 Å². The molecule has 9 heteroatoms. The quantitative estimate of drug-likeness (QED) is 0.389. The topological polar surface area (TPSA) is 89.4 Å². The molecule has 38 heavy (non-hydrogen) atoms. The van der Waals surface area contributed by atoms with Crippen molar-refractivity contribution in [1.82, 2.24) is 24.8 Å². The second-order valence-electron chi connectivity index (χ2n) is 11.8. The Bertz CT molecular complexity index is 1030. The summed E-state index contributed by atoms with van der Waals surface area (Å²) in [7, 11) is 0. The Hall–Kier alpha value is -2.00. The molecule has 0 radical (unpaired) electrons. The third kappa shape index (κ3) is 7.34. The van der Waals surface area contributed by atoms with Crippen molar-refractivity contribution >= 4 is 29.1 Å². The van der Waals surface area contributed by atoms with Gasteiger partial charge in [0.15, 0.2) is 0 Å². The Kier molecular flexibility index (Phi) is 9.36. The van der Waals surface area contributed by atoms with E-state index in [1.807, 2.05) is 12.3 Å². The first-order valence-electron chi connectivity index (χ1n) is 14.6. The number of aliphatic hydroxyl groups excluding tert-OH is 1. The third-order valence-electron chi connectivity index (χ3n) is 8.76. The van der Waals surface area contributed by atoms with Gasteiger partial charge >= 0.3 is 0 Å². The van der Waals surface area contributed by atoms with Crippen LogP contribution in [-0.2, 0) is 0 Å². The summed E-state index contributed by atoms with van der Waals surface area (Å²) in [4.78, 5) is 19.0. The zero-order chi connectivity index (χ0) is 26.5. The molecule has 0 spiro atoms. The number of hydrogen-bond donors (Lipinski definition) is 3. The van der Waals surface area contributed by atoms with Crippen molar-refractivity contribution in [2.45, 2.75) is 89.3 Å². The predicted molar refractivity (Wildman–Crippen MR) is 154 cm³/mol. The fourth-order valence-corrected chi connectivity index (χ4v) is 6.51. The van der Waals surface area contributed by atoms with E-state index < -0.39 is 0 Å². The Morgan fingerprint density at radius 2 is 1.74 bits per heavy atom. The van der Waals surface area contributed by atoms with Gasteiger partial charge < -0.3 is 25.5 Å². The van der Waals surface area contributed by atoms with Gasteiger partial charge in [0.05, 0.1) is 6.10 Å². The van der Waals surface area contributed by atoms with Crippen LogP contribution in [0.3, 0.4) is 0 Å². The number of aromatic nitrogens is 3. The number of hydrogen-bond acceptors (Lipinski definition) is 8. The fraction of sp³-hybridized carbons (Fsp3) is 0.690. The zero-order valence-corrected chi connectivity index (χ0v) is 23.7. The van der Waals surface area contributed by atoms with E-state index in [1.54, 1.807) is 12.3 Å². The summed E-state index contributed by atoms with van der Waals surface area (Å²) in [5.74, 6) is 2.77. The molecule has 2 aromatic rings. The lowest BCUT2D eigenvalue weighted by atomic mass is 9.88. The van der Waals surface area contributed by atoms with Crippen LogP contribution in [0.5, 0.6) is 0 Å². The molecule has 4 heterocycles. The maximum atomic E-state index is 9.98. The van der Waals surface area contributed by atoms with Crippen molar-refractivity contribution in [3.8, 4) is 0 Å². The Labute approximate surface area is 232 Å². The average molecular weight is 542 g/mol. The van der Waals surface area contributed by atoms with Crippen molar-refractivity contribution < 1.29 is 5.11 Å². The standard InChI is InChI=1S/C29H44ClN7O/c1-20(2)37-15-8-21(9-16-37)19-36-13-10-22(11-14-36)26-18-32-29(34-24-7-12-31-27(30)17-24)35-28(26)33-23-3-5-25(38)6-4-23/h7,12,17-18,20-23,25,38H,3-6,8-11,13-16,19H2,1-2H3,(H2,31,32,33,34,35)/t23-,25-. The molecule has 3 N–H and O–H groups in total. The lowest BCUT2D eigenvalue weighted by molar-refractivity contribution is 0.111. The van der Waals surface area contributed by atoms with Gasteiger partial charge in [-0.15, -0.1) is 0 Å². The van der Waals surface area contributed by atoms with E-state index in [0.29, 0.717) is 29.1 Å². The number of halogens is 1. The highest BCUT2D eigenvalue weighted by Gasteiger charge is 2.28. The SMILES string of the molecule is CC(C)N1CCC(CN2CCC(c3cnc(Nc4ccnc(Cl)c4)nc3N[C@H]3CC[C@H](O)CC3)CC2)CC1. The molecular formula is C29H44ClN7O. The summed E-state index contributed by atoms with van der Waals surface area (Å²) in [6.45, 7) is 10.6. The second-order valence-corrected chi connectivity index (χ2v) is 12.2. The molecule has 2 aromatic heterocycles. The predicted octanol–water partition coefficient (Wildman–Crippen LogP) is 5.28. The van der Waals surface area contributed by atoms with Crippen LogP contribution < -0.4 is 10.6 Å². The number of likely N-dealkylation sites (tertiary alicyclic amines) is 2. The lowest BCUT2D eigenvalue weighted by Gasteiger charge is -2.39. The maximum Gasteiger partial charge on any atom is 0.229 e. The van der Waals surface area contributed by atoms with Gasteiger partial charge in [0, 0.05) is 42.3 Å². The average Bonchev–Trinajstić information content (AvgIpc) is 2.91. The lowest BCUT2D eigenvalue weighted by Crippen LogP contribution is -2.43. The minimum Gasteiger partial charge on any atom is -0.393 e. The molecule has 0 unspecified atom stereocenters. The molecule has 208 valence electrons. The van der Waals surface area contributed by atoms with E-state index in [-0.39, 0.29) is 6.10 Å². The van der Waals surface area contributed by atoms with Gasteiger partial charge in [0.25, 0.3) is 0 Å². The molecule has 1 saturated carbocycles. The van der Waals surface area contributed by atoms with Gasteiger partial charge in [-0.1, -0.05) is 11.6 Å². The van der Waals surface area contributed by atoms with Crippen LogP contribution in [0.2, 0.25) is 5.15 Å². The first kappa shape index (κ1) is 27.6. The highest BCUT2D eigenvalue weighted by atomic mass is 35.5. The Balaban J connectivity index is 1.23. The summed E-state index contributed by atoms with van der Waals surface area (Å²) < 4.78 is 0. The summed E-state index contributed by atoms with van der Waals surface area (Å²) in [5, 5.41) is 17.4. The molecule has 0 aromatic carbocycles. The summed E-state index contributed by atoms with van der Waals surface area (Å²) >= 11 is 6.07. The number of piperidine rings is 2. The molecule has 1 aliphatic carbocycles. The molecule has 5 rings (SSSR count). The molecule has 0 bridgehead atoms. The van der Waals surface area contributed by atoms with E-state index in [4.69, 9.17) is 21.6 Å². The largest absolute Gasteiger partial charge is 0.393 e.